The van der Waals surface area contributed by atoms with E-state index in [1.54, 1.807) is 13.0 Å². The number of likely N-dealkylation sites (tertiary alicyclic amines) is 1. The van der Waals surface area contributed by atoms with Crippen LogP contribution < -0.4 is 5.32 Å². The monoisotopic (exact) mass is 344 g/mol. The first-order valence-corrected chi connectivity index (χ1v) is 6.95. The van der Waals surface area contributed by atoms with Crippen LogP contribution in [0.4, 0.5) is 14.9 Å². The Kier molecular flexibility index (Phi) is 4.27. The Bertz CT molecular complexity index is 552. The van der Waals surface area contributed by atoms with Gasteiger partial charge in [-0.3, -0.25) is 4.79 Å². The maximum absolute atomic E-state index is 13.6. The second kappa shape index (κ2) is 5.78. The van der Waals surface area contributed by atoms with Gasteiger partial charge in [0.1, 0.15) is 5.82 Å². The number of benzene rings is 1. The van der Waals surface area contributed by atoms with Crippen LogP contribution in [0, 0.1) is 11.7 Å². The number of aliphatic carboxylic acids is 1. The molecule has 0 aliphatic carbocycles. The Morgan fingerprint density at radius 1 is 1.50 bits per heavy atom. The molecular formula is C13H14BrFN2O3. The smallest absolute Gasteiger partial charge is 0.322 e. The first kappa shape index (κ1) is 14.8. The van der Waals surface area contributed by atoms with E-state index in [0.29, 0.717) is 17.4 Å². The van der Waals surface area contributed by atoms with Gasteiger partial charge in [0.05, 0.1) is 11.6 Å². The number of carbonyl (C=O) groups is 2. The Morgan fingerprint density at radius 3 is 2.75 bits per heavy atom. The molecule has 1 saturated heterocycles. The predicted octanol–water partition coefficient (Wildman–Crippen LogP) is 2.92. The third kappa shape index (κ3) is 2.92. The number of rotatable bonds is 2. The van der Waals surface area contributed by atoms with Gasteiger partial charge in [-0.15, -0.1) is 0 Å². The summed E-state index contributed by atoms with van der Waals surface area (Å²) < 4.78 is 14.2. The molecule has 1 aliphatic rings. The molecule has 2 rings (SSSR count). The fourth-order valence-electron chi connectivity index (χ4n) is 2.33. The molecule has 0 saturated carbocycles. The van der Waals surface area contributed by atoms with Crippen LogP contribution in [0.3, 0.4) is 0 Å². The lowest BCUT2D eigenvalue weighted by Crippen LogP contribution is -2.40. The largest absolute Gasteiger partial charge is 0.481 e. The first-order valence-electron chi connectivity index (χ1n) is 6.15. The second-order valence-electron chi connectivity index (χ2n) is 4.72. The summed E-state index contributed by atoms with van der Waals surface area (Å²) in [4.78, 5) is 24.5. The van der Waals surface area contributed by atoms with E-state index in [-0.39, 0.29) is 5.69 Å². The van der Waals surface area contributed by atoms with Gasteiger partial charge in [-0.05, 0) is 31.5 Å². The van der Waals surface area contributed by atoms with Crippen LogP contribution in [0.5, 0.6) is 0 Å². The van der Waals surface area contributed by atoms with Gasteiger partial charge < -0.3 is 15.3 Å². The predicted molar refractivity (Wildman–Crippen MR) is 75.0 cm³/mol. The summed E-state index contributed by atoms with van der Waals surface area (Å²) in [6.07, 6.45) is 0.409. The third-order valence-electron chi connectivity index (χ3n) is 3.51. The second-order valence-corrected chi connectivity index (χ2v) is 5.64. The fraction of sp³-hybridized carbons (Fsp3) is 0.385. The number of carbonyl (C=O) groups excluding carboxylic acids is 1. The molecule has 5 nitrogen and oxygen atoms in total. The summed E-state index contributed by atoms with van der Waals surface area (Å²) in [6.45, 7) is 2.03. The Hall–Kier alpha value is -1.63. The van der Waals surface area contributed by atoms with Crippen molar-refractivity contribution in [2.75, 3.05) is 11.9 Å². The van der Waals surface area contributed by atoms with Crippen molar-refractivity contribution in [1.29, 1.82) is 0 Å². The van der Waals surface area contributed by atoms with Gasteiger partial charge in [0, 0.05) is 17.1 Å². The lowest BCUT2D eigenvalue weighted by atomic mass is 10.0. The van der Waals surface area contributed by atoms with Crippen LogP contribution in [0.2, 0.25) is 0 Å². The van der Waals surface area contributed by atoms with Crippen molar-refractivity contribution in [3.05, 3.63) is 28.5 Å². The van der Waals surface area contributed by atoms with Crippen molar-refractivity contribution < 1.29 is 19.1 Å². The zero-order valence-corrected chi connectivity index (χ0v) is 12.4. The van der Waals surface area contributed by atoms with Gasteiger partial charge in [-0.25, -0.2) is 9.18 Å². The maximum Gasteiger partial charge on any atom is 0.322 e. The summed E-state index contributed by atoms with van der Waals surface area (Å²) in [5, 5.41) is 11.5. The number of amides is 2. The van der Waals surface area contributed by atoms with E-state index >= 15 is 0 Å². The highest BCUT2D eigenvalue weighted by molar-refractivity contribution is 9.10. The minimum atomic E-state index is -0.914. The molecule has 2 amide bonds. The van der Waals surface area contributed by atoms with Crippen LogP contribution in [-0.2, 0) is 4.79 Å². The highest BCUT2D eigenvalue weighted by Crippen LogP contribution is 2.26. The first-order chi connectivity index (χ1) is 9.40. The van der Waals surface area contributed by atoms with Crippen molar-refractivity contribution in [1.82, 2.24) is 4.90 Å². The molecule has 108 valence electrons. The molecular weight excluding hydrogens is 331 g/mol. The number of nitrogens with one attached hydrogen (secondary N) is 1. The molecule has 0 spiro atoms. The highest BCUT2D eigenvalue weighted by atomic mass is 79.9. The molecule has 2 unspecified atom stereocenters. The molecule has 1 aromatic rings. The Labute approximate surface area is 123 Å². The van der Waals surface area contributed by atoms with Gasteiger partial charge in [0.2, 0.25) is 0 Å². The molecule has 1 fully saturated rings. The van der Waals surface area contributed by atoms with E-state index in [1.807, 2.05) is 0 Å². The normalized spacial score (nSPS) is 21.9. The average Bonchev–Trinajstić information content (AvgIpc) is 2.74. The molecule has 2 atom stereocenters. The molecule has 1 aromatic carbocycles. The zero-order chi connectivity index (χ0) is 14.9. The van der Waals surface area contributed by atoms with Gasteiger partial charge in [-0.2, -0.15) is 0 Å². The van der Waals surface area contributed by atoms with Crippen LogP contribution in [-0.4, -0.2) is 34.6 Å². The maximum atomic E-state index is 13.6. The van der Waals surface area contributed by atoms with E-state index in [2.05, 4.69) is 21.2 Å². The number of nitrogens with zero attached hydrogens (tertiary/aromatic N) is 1. The summed E-state index contributed by atoms with van der Waals surface area (Å²) in [6, 6.07) is 3.43. The average molecular weight is 345 g/mol. The van der Waals surface area contributed by atoms with E-state index in [0.717, 1.165) is 0 Å². The standard InChI is InChI=1S/C13H14BrFN2O3/c1-7-9(12(18)19)4-5-17(7)13(20)16-11-3-2-8(14)6-10(11)15/h2-3,6-7,9H,4-5H2,1H3,(H,16,20)(H,18,19). The van der Waals surface area contributed by atoms with Crippen LogP contribution >= 0.6 is 15.9 Å². The summed E-state index contributed by atoms with van der Waals surface area (Å²) in [5.74, 6) is -2.03. The number of hydrogen-bond acceptors (Lipinski definition) is 2. The molecule has 7 heteroatoms. The molecule has 1 aliphatic heterocycles. The van der Waals surface area contributed by atoms with E-state index in [4.69, 9.17) is 5.11 Å². The van der Waals surface area contributed by atoms with E-state index in [9.17, 15) is 14.0 Å². The number of halogens is 2. The SMILES string of the molecule is CC1C(C(=O)O)CCN1C(=O)Nc1ccc(Br)cc1F. The molecule has 2 N–H and O–H groups in total. The number of urea groups is 1. The summed E-state index contributed by atoms with van der Waals surface area (Å²) in [7, 11) is 0. The van der Waals surface area contributed by atoms with Crippen molar-refractivity contribution in [2.24, 2.45) is 5.92 Å². The van der Waals surface area contributed by atoms with Crippen LogP contribution in [0.15, 0.2) is 22.7 Å². The van der Waals surface area contributed by atoms with Gasteiger partial charge in [0.15, 0.2) is 0 Å². The van der Waals surface area contributed by atoms with E-state index < -0.39 is 29.8 Å². The van der Waals surface area contributed by atoms with Crippen molar-refractivity contribution in [3.8, 4) is 0 Å². The molecule has 1 heterocycles. The lowest BCUT2D eigenvalue weighted by molar-refractivity contribution is -0.142. The minimum absolute atomic E-state index is 0.0733. The van der Waals surface area contributed by atoms with Gasteiger partial charge in [0.25, 0.3) is 0 Å². The third-order valence-corrected chi connectivity index (χ3v) is 4.00. The molecule has 0 bridgehead atoms. The lowest BCUT2D eigenvalue weighted by Gasteiger charge is -2.23. The van der Waals surface area contributed by atoms with Crippen molar-refractivity contribution in [2.45, 2.75) is 19.4 Å². The number of carboxylic acid groups (broad SMARTS) is 1. The van der Waals surface area contributed by atoms with Crippen LogP contribution in [0.1, 0.15) is 13.3 Å². The molecule has 0 aromatic heterocycles. The number of anilines is 1. The number of hydrogen-bond donors (Lipinski definition) is 2. The van der Waals surface area contributed by atoms with E-state index in [1.165, 1.54) is 17.0 Å². The van der Waals surface area contributed by atoms with Crippen molar-refractivity contribution in [3.63, 3.8) is 0 Å². The zero-order valence-electron chi connectivity index (χ0n) is 10.8. The minimum Gasteiger partial charge on any atom is -0.481 e. The highest BCUT2D eigenvalue weighted by Gasteiger charge is 2.38. The van der Waals surface area contributed by atoms with Gasteiger partial charge in [-0.1, -0.05) is 15.9 Å². The summed E-state index contributed by atoms with van der Waals surface area (Å²) >= 11 is 3.13. The van der Waals surface area contributed by atoms with Gasteiger partial charge >= 0.3 is 12.0 Å². The van der Waals surface area contributed by atoms with Crippen LogP contribution in [0.25, 0.3) is 0 Å². The summed E-state index contributed by atoms with van der Waals surface area (Å²) in [5.41, 5.74) is 0.0733. The fourth-order valence-corrected chi connectivity index (χ4v) is 2.67. The van der Waals surface area contributed by atoms with Crippen molar-refractivity contribution >= 4 is 33.6 Å². The number of carboxylic acids is 1. The molecule has 0 radical (unpaired) electrons. The Balaban J connectivity index is 2.07. The Morgan fingerprint density at radius 2 is 2.20 bits per heavy atom. The molecule has 20 heavy (non-hydrogen) atoms. The topological polar surface area (TPSA) is 69.6 Å². The quantitative estimate of drug-likeness (QED) is 0.866.